The summed E-state index contributed by atoms with van der Waals surface area (Å²) in [5.41, 5.74) is -0.748. The highest BCUT2D eigenvalue weighted by Gasteiger charge is 2.32. The van der Waals surface area contributed by atoms with Gasteiger partial charge >= 0.3 is 0 Å². The smallest absolute Gasteiger partial charge is 0.244 e. The number of rotatable bonds is 4. The maximum Gasteiger partial charge on any atom is 0.244 e. The lowest BCUT2D eigenvalue weighted by Gasteiger charge is -2.35. The summed E-state index contributed by atoms with van der Waals surface area (Å²) in [4.78, 5) is 11.7. The van der Waals surface area contributed by atoms with Crippen molar-refractivity contribution in [2.75, 3.05) is 6.54 Å². The molecule has 1 aliphatic carbocycles. The normalized spacial score (nSPS) is 26.9. The fourth-order valence-electron chi connectivity index (χ4n) is 2.80. The predicted octanol–water partition coefficient (Wildman–Crippen LogP) is 2.66. The molecule has 1 amide bonds. The van der Waals surface area contributed by atoms with Crippen LogP contribution in [0.1, 0.15) is 44.1 Å². The van der Waals surface area contributed by atoms with Crippen LogP contribution in [0, 0.1) is 12.8 Å². The minimum absolute atomic E-state index is 0.203. The molecule has 1 aromatic heterocycles. The van der Waals surface area contributed by atoms with Crippen molar-refractivity contribution >= 4 is 12.0 Å². The molecule has 1 fully saturated rings. The quantitative estimate of drug-likeness (QED) is 0.832. The average Bonchev–Trinajstić information content (AvgIpc) is 2.80. The number of amides is 1. The van der Waals surface area contributed by atoms with Crippen LogP contribution in [0.5, 0.6) is 0 Å². The number of furan rings is 1. The third kappa shape index (κ3) is 4.23. The van der Waals surface area contributed by atoms with Crippen molar-refractivity contribution in [2.45, 2.75) is 45.1 Å². The van der Waals surface area contributed by atoms with E-state index < -0.39 is 5.60 Å². The zero-order chi connectivity index (χ0) is 14.6. The molecule has 1 heterocycles. The second-order valence-corrected chi connectivity index (χ2v) is 5.93. The number of carbonyl (C=O) groups excluding carboxylic acids is 1. The van der Waals surface area contributed by atoms with Gasteiger partial charge in [-0.2, -0.15) is 0 Å². The molecule has 0 bridgehead atoms. The zero-order valence-corrected chi connectivity index (χ0v) is 12.2. The highest BCUT2D eigenvalue weighted by Crippen LogP contribution is 2.31. The van der Waals surface area contributed by atoms with E-state index in [-0.39, 0.29) is 5.91 Å². The van der Waals surface area contributed by atoms with Gasteiger partial charge in [-0.15, -0.1) is 0 Å². The Hall–Kier alpha value is -1.55. The number of carbonyl (C=O) groups is 1. The SMILES string of the molecule is Cc1ccc(C=CC(=O)NCC2(O)CCCC(C)C2)o1. The third-order valence-corrected chi connectivity index (χ3v) is 3.82. The molecule has 2 unspecified atom stereocenters. The first-order chi connectivity index (χ1) is 9.47. The van der Waals surface area contributed by atoms with Gasteiger partial charge in [0.2, 0.25) is 5.91 Å². The Bertz CT molecular complexity index is 492. The van der Waals surface area contributed by atoms with Crippen molar-refractivity contribution in [3.63, 3.8) is 0 Å². The zero-order valence-electron chi connectivity index (χ0n) is 12.2. The standard InChI is InChI=1S/C16H23NO3/c1-12-4-3-9-16(19,10-12)11-17-15(18)8-7-14-6-5-13(2)20-14/h5-8,12,19H,3-4,9-11H2,1-2H3,(H,17,18). The first kappa shape index (κ1) is 14.9. The summed E-state index contributed by atoms with van der Waals surface area (Å²) < 4.78 is 5.35. The molecule has 2 N–H and O–H groups in total. The minimum Gasteiger partial charge on any atom is -0.462 e. The first-order valence-electron chi connectivity index (χ1n) is 7.22. The Kier molecular flexibility index (Phi) is 4.65. The van der Waals surface area contributed by atoms with Gasteiger partial charge in [0.1, 0.15) is 11.5 Å². The van der Waals surface area contributed by atoms with Gasteiger partial charge in [0.05, 0.1) is 5.60 Å². The molecule has 1 aromatic rings. The fourth-order valence-corrected chi connectivity index (χ4v) is 2.80. The summed E-state index contributed by atoms with van der Waals surface area (Å²) in [6.07, 6.45) is 6.78. The van der Waals surface area contributed by atoms with Crippen LogP contribution in [0.15, 0.2) is 22.6 Å². The van der Waals surface area contributed by atoms with Gasteiger partial charge in [-0.25, -0.2) is 0 Å². The molecule has 4 heteroatoms. The van der Waals surface area contributed by atoms with E-state index in [4.69, 9.17) is 4.42 Å². The number of aryl methyl sites for hydroxylation is 1. The molecule has 0 aliphatic heterocycles. The maximum absolute atomic E-state index is 11.7. The number of hydrogen-bond donors (Lipinski definition) is 2. The molecule has 0 saturated heterocycles. The van der Waals surface area contributed by atoms with E-state index in [1.165, 1.54) is 6.08 Å². The van der Waals surface area contributed by atoms with E-state index in [9.17, 15) is 9.90 Å². The van der Waals surface area contributed by atoms with Gasteiger partial charge in [-0.05, 0) is 43.9 Å². The molecule has 0 aromatic carbocycles. The molecule has 20 heavy (non-hydrogen) atoms. The van der Waals surface area contributed by atoms with E-state index in [2.05, 4.69) is 12.2 Å². The van der Waals surface area contributed by atoms with E-state index in [1.807, 2.05) is 19.1 Å². The van der Waals surface area contributed by atoms with Crippen LogP contribution in [0.2, 0.25) is 0 Å². The lowest BCUT2D eigenvalue weighted by molar-refractivity contribution is -0.118. The van der Waals surface area contributed by atoms with E-state index >= 15 is 0 Å². The summed E-state index contributed by atoms with van der Waals surface area (Å²) in [7, 11) is 0. The van der Waals surface area contributed by atoms with Gasteiger partial charge in [0.25, 0.3) is 0 Å². The Labute approximate surface area is 119 Å². The number of nitrogens with one attached hydrogen (secondary N) is 1. The first-order valence-corrected chi connectivity index (χ1v) is 7.22. The summed E-state index contributed by atoms with van der Waals surface area (Å²) in [5, 5.41) is 13.2. The minimum atomic E-state index is -0.748. The maximum atomic E-state index is 11.7. The highest BCUT2D eigenvalue weighted by atomic mass is 16.3. The van der Waals surface area contributed by atoms with Crippen LogP contribution in [0.4, 0.5) is 0 Å². The van der Waals surface area contributed by atoms with Gasteiger partial charge in [0, 0.05) is 12.6 Å². The van der Waals surface area contributed by atoms with Crippen LogP contribution in [-0.4, -0.2) is 23.2 Å². The molecule has 2 rings (SSSR count). The van der Waals surface area contributed by atoms with Crippen LogP contribution in [0.3, 0.4) is 0 Å². The van der Waals surface area contributed by atoms with Gasteiger partial charge < -0.3 is 14.8 Å². The second-order valence-electron chi connectivity index (χ2n) is 5.93. The predicted molar refractivity (Wildman–Crippen MR) is 78.1 cm³/mol. The van der Waals surface area contributed by atoms with Crippen molar-refractivity contribution in [3.05, 3.63) is 29.7 Å². The Morgan fingerprint density at radius 2 is 2.40 bits per heavy atom. The molecule has 1 saturated carbocycles. The van der Waals surface area contributed by atoms with E-state index in [1.54, 1.807) is 6.08 Å². The van der Waals surface area contributed by atoms with Crippen molar-refractivity contribution < 1.29 is 14.3 Å². The molecular formula is C16H23NO3. The Morgan fingerprint density at radius 3 is 3.05 bits per heavy atom. The Morgan fingerprint density at radius 1 is 1.60 bits per heavy atom. The lowest BCUT2D eigenvalue weighted by Crippen LogP contribution is -2.45. The van der Waals surface area contributed by atoms with Gasteiger partial charge in [-0.1, -0.05) is 19.8 Å². The fraction of sp³-hybridized carbons (Fsp3) is 0.562. The van der Waals surface area contributed by atoms with Crippen molar-refractivity contribution in [2.24, 2.45) is 5.92 Å². The average molecular weight is 277 g/mol. The van der Waals surface area contributed by atoms with Crippen LogP contribution in [-0.2, 0) is 4.79 Å². The molecule has 1 aliphatic rings. The molecule has 0 spiro atoms. The largest absolute Gasteiger partial charge is 0.462 e. The van der Waals surface area contributed by atoms with Crippen LogP contribution in [0.25, 0.3) is 6.08 Å². The van der Waals surface area contributed by atoms with Crippen molar-refractivity contribution in [3.8, 4) is 0 Å². The Balaban J connectivity index is 1.81. The molecule has 0 radical (unpaired) electrons. The van der Waals surface area contributed by atoms with Crippen LogP contribution >= 0.6 is 0 Å². The van der Waals surface area contributed by atoms with Crippen LogP contribution < -0.4 is 5.32 Å². The van der Waals surface area contributed by atoms with Gasteiger partial charge in [-0.3, -0.25) is 4.79 Å². The van der Waals surface area contributed by atoms with E-state index in [0.29, 0.717) is 18.2 Å². The molecule has 110 valence electrons. The number of hydrogen-bond acceptors (Lipinski definition) is 3. The summed E-state index contributed by atoms with van der Waals surface area (Å²) in [5.74, 6) is 1.79. The number of aliphatic hydroxyl groups is 1. The monoisotopic (exact) mass is 277 g/mol. The highest BCUT2D eigenvalue weighted by molar-refractivity contribution is 5.91. The van der Waals surface area contributed by atoms with Crippen molar-refractivity contribution in [1.82, 2.24) is 5.32 Å². The summed E-state index contributed by atoms with van der Waals surface area (Å²) in [6.45, 7) is 4.32. The third-order valence-electron chi connectivity index (χ3n) is 3.82. The molecule has 4 nitrogen and oxygen atoms in total. The molecule has 2 atom stereocenters. The van der Waals surface area contributed by atoms with Gasteiger partial charge in [0.15, 0.2) is 0 Å². The topological polar surface area (TPSA) is 62.5 Å². The lowest BCUT2D eigenvalue weighted by atomic mass is 9.79. The summed E-state index contributed by atoms with van der Waals surface area (Å²) >= 11 is 0. The summed E-state index contributed by atoms with van der Waals surface area (Å²) in [6, 6.07) is 3.67. The molecular weight excluding hydrogens is 254 g/mol. The second kappa shape index (κ2) is 6.27. The van der Waals surface area contributed by atoms with Crippen molar-refractivity contribution in [1.29, 1.82) is 0 Å². The van der Waals surface area contributed by atoms with E-state index in [0.717, 1.165) is 31.4 Å².